The zero-order valence-corrected chi connectivity index (χ0v) is 15.9. The second-order valence-corrected chi connectivity index (χ2v) is 7.29. The highest BCUT2D eigenvalue weighted by Crippen LogP contribution is 2.25. The Bertz CT molecular complexity index is 954. The van der Waals surface area contributed by atoms with Crippen molar-refractivity contribution in [1.82, 2.24) is 4.98 Å². The largest absolute Gasteiger partial charge is 0.484 e. The van der Waals surface area contributed by atoms with Crippen LogP contribution in [0.4, 0.5) is 11.4 Å². The number of hydrogen-bond donors (Lipinski definition) is 1. The van der Waals surface area contributed by atoms with E-state index in [9.17, 15) is 9.59 Å². The molecule has 0 radical (unpaired) electrons. The van der Waals surface area contributed by atoms with Crippen molar-refractivity contribution in [3.63, 3.8) is 0 Å². The minimum absolute atomic E-state index is 0.0871. The molecule has 142 valence electrons. The van der Waals surface area contributed by atoms with Crippen LogP contribution in [0.25, 0.3) is 10.6 Å². The van der Waals surface area contributed by atoms with E-state index in [-0.39, 0.29) is 18.4 Å². The predicted molar refractivity (Wildman–Crippen MR) is 110 cm³/mol. The van der Waals surface area contributed by atoms with Gasteiger partial charge in [0.1, 0.15) is 10.8 Å². The molecule has 0 atom stereocenters. The highest BCUT2D eigenvalue weighted by atomic mass is 32.1. The third-order valence-corrected chi connectivity index (χ3v) is 5.26. The lowest BCUT2D eigenvalue weighted by molar-refractivity contribution is -0.118. The van der Waals surface area contributed by atoms with E-state index in [1.54, 1.807) is 34.6 Å². The Kier molecular flexibility index (Phi) is 5.34. The van der Waals surface area contributed by atoms with Crippen molar-refractivity contribution in [3.8, 4) is 16.3 Å². The van der Waals surface area contributed by atoms with Crippen LogP contribution in [0, 0.1) is 0 Å². The Morgan fingerprint density at radius 3 is 2.57 bits per heavy atom. The summed E-state index contributed by atoms with van der Waals surface area (Å²) in [5.74, 6) is 0.499. The molecule has 0 bridgehead atoms. The first-order chi connectivity index (χ1) is 13.7. The average Bonchev–Trinajstić information content (AvgIpc) is 3.39. The molecule has 0 unspecified atom stereocenters. The number of benzene rings is 2. The van der Waals surface area contributed by atoms with E-state index in [2.05, 4.69) is 10.3 Å². The van der Waals surface area contributed by atoms with Crippen LogP contribution in [-0.4, -0.2) is 29.9 Å². The quantitative estimate of drug-likeness (QED) is 0.688. The number of carbonyl (C=O) groups is 2. The van der Waals surface area contributed by atoms with Gasteiger partial charge in [0, 0.05) is 41.5 Å². The molecule has 1 aliphatic rings. The number of aromatic nitrogens is 1. The van der Waals surface area contributed by atoms with Crippen LogP contribution in [0.3, 0.4) is 0 Å². The summed E-state index contributed by atoms with van der Waals surface area (Å²) in [5.41, 5.74) is 2.58. The fourth-order valence-corrected chi connectivity index (χ4v) is 3.70. The number of thiazole rings is 1. The molecule has 0 aliphatic carbocycles. The first-order valence-corrected chi connectivity index (χ1v) is 9.90. The zero-order chi connectivity index (χ0) is 19.3. The Labute approximate surface area is 166 Å². The summed E-state index contributed by atoms with van der Waals surface area (Å²) < 4.78 is 5.54. The Hall–Kier alpha value is -3.19. The van der Waals surface area contributed by atoms with Crippen LogP contribution in [0.1, 0.15) is 12.8 Å². The van der Waals surface area contributed by atoms with Gasteiger partial charge in [0.25, 0.3) is 5.91 Å². The van der Waals surface area contributed by atoms with Crippen molar-refractivity contribution in [1.29, 1.82) is 0 Å². The molecule has 28 heavy (non-hydrogen) atoms. The molecular formula is C21H19N3O3S. The fourth-order valence-electron chi connectivity index (χ4n) is 3.05. The van der Waals surface area contributed by atoms with Crippen LogP contribution < -0.4 is 15.0 Å². The van der Waals surface area contributed by atoms with Crippen molar-refractivity contribution in [2.75, 3.05) is 23.4 Å². The molecule has 7 heteroatoms. The normalized spacial score (nSPS) is 13.6. The summed E-state index contributed by atoms with van der Waals surface area (Å²) in [4.78, 5) is 29.9. The number of amides is 2. The average molecular weight is 393 g/mol. The highest BCUT2D eigenvalue weighted by molar-refractivity contribution is 7.13. The molecule has 1 N–H and O–H groups in total. The second kappa shape index (κ2) is 8.22. The molecule has 1 fully saturated rings. The Balaban J connectivity index is 1.29. The van der Waals surface area contributed by atoms with Crippen LogP contribution in [0.15, 0.2) is 60.1 Å². The lowest BCUT2D eigenvalue weighted by atomic mass is 10.2. The third kappa shape index (κ3) is 4.20. The number of ether oxygens (including phenoxy) is 1. The van der Waals surface area contributed by atoms with Gasteiger partial charge in [0.15, 0.2) is 6.61 Å². The minimum Gasteiger partial charge on any atom is -0.484 e. The van der Waals surface area contributed by atoms with Gasteiger partial charge in [-0.1, -0.05) is 0 Å². The van der Waals surface area contributed by atoms with Crippen molar-refractivity contribution >= 4 is 34.5 Å². The number of rotatable bonds is 6. The van der Waals surface area contributed by atoms with Crippen molar-refractivity contribution in [2.24, 2.45) is 0 Å². The number of hydrogen-bond acceptors (Lipinski definition) is 5. The number of nitrogens with zero attached hydrogens (tertiary/aromatic N) is 2. The maximum absolute atomic E-state index is 12.1. The smallest absolute Gasteiger partial charge is 0.262 e. The van der Waals surface area contributed by atoms with E-state index in [1.165, 1.54) is 0 Å². The van der Waals surface area contributed by atoms with Crippen LogP contribution in [-0.2, 0) is 9.59 Å². The van der Waals surface area contributed by atoms with Crippen LogP contribution in [0.2, 0.25) is 0 Å². The third-order valence-electron chi connectivity index (χ3n) is 4.44. The standard InChI is InChI=1S/C21H19N3O3S/c25-19(23-16-5-3-15(4-6-16)21-22-11-13-28-21)14-27-18-9-7-17(8-10-18)24-12-1-2-20(24)26/h3-11,13H,1-2,12,14H2,(H,23,25). The molecule has 1 aliphatic heterocycles. The lowest BCUT2D eigenvalue weighted by Gasteiger charge is -2.16. The van der Waals surface area contributed by atoms with E-state index in [1.807, 2.05) is 41.8 Å². The van der Waals surface area contributed by atoms with Gasteiger partial charge < -0.3 is 15.0 Å². The maximum Gasteiger partial charge on any atom is 0.262 e. The maximum atomic E-state index is 12.1. The summed E-state index contributed by atoms with van der Waals surface area (Å²) in [6, 6.07) is 14.8. The molecule has 6 nitrogen and oxygen atoms in total. The topological polar surface area (TPSA) is 71.5 Å². The van der Waals surface area contributed by atoms with E-state index in [0.29, 0.717) is 17.9 Å². The molecule has 4 rings (SSSR count). The monoisotopic (exact) mass is 393 g/mol. The lowest BCUT2D eigenvalue weighted by Crippen LogP contribution is -2.23. The SMILES string of the molecule is O=C(COc1ccc(N2CCCC2=O)cc1)Nc1ccc(-c2nccs2)cc1. The van der Waals surface area contributed by atoms with Gasteiger partial charge in [-0.3, -0.25) is 9.59 Å². The molecule has 1 aromatic heterocycles. The first kappa shape index (κ1) is 18.2. The van der Waals surface area contributed by atoms with Crippen LogP contribution in [0.5, 0.6) is 5.75 Å². The molecule has 1 saturated heterocycles. The Morgan fingerprint density at radius 1 is 1.14 bits per heavy atom. The van der Waals surface area contributed by atoms with Gasteiger partial charge in [0.05, 0.1) is 0 Å². The number of carbonyl (C=O) groups excluding carboxylic acids is 2. The molecule has 0 spiro atoms. The van der Waals surface area contributed by atoms with Gasteiger partial charge in [0.2, 0.25) is 5.91 Å². The first-order valence-electron chi connectivity index (χ1n) is 9.02. The molecule has 0 saturated carbocycles. The molecule has 2 aromatic carbocycles. The van der Waals surface area contributed by atoms with E-state index in [4.69, 9.17) is 4.74 Å². The van der Waals surface area contributed by atoms with Gasteiger partial charge >= 0.3 is 0 Å². The number of anilines is 2. The summed E-state index contributed by atoms with van der Waals surface area (Å²) >= 11 is 1.57. The summed E-state index contributed by atoms with van der Waals surface area (Å²) in [6.45, 7) is 0.666. The second-order valence-electron chi connectivity index (χ2n) is 6.39. The predicted octanol–water partition coefficient (Wildman–Crippen LogP) is 3.95. The van der Waals surface area contributed by atoms with Gasteiger partial charge in [-0.2, -0.15) is 0 Å². The molecule has 3 aromatic rings. The van der Waals surface area contributed by atoms with Gasteiger partial charge in [-0.15, -0.1) is 11.3 Å². The summed E-state index contributed by atoms with van der Waals surface area (Å²) in [5, 5.41) is 5.69. The fraction of sp³-hybridized carbons (Fsp3) is 0.190. The van der Waals surface area contributed by atoms with Gasteiger partial charge in [-0.05, 0) is 55.0 Å². The summed E-state index contributed by atoms with van der Waals surface area (Å²) in [7, 11) is 0. The zero-order valence-electron chi connectivity index (χ0n) is 15.1. The van der Waals surface area contributed by atoms with E-state index < -0.39 is 0 Å². The van der Waals surface area contributed by atoms with Crippen molar-refractivity contribution in [3.05, 3.63) is 60.1 Å². The van der Waals surface area contributed by atoms with E-state index >= 15 is 0 Å². The highest BCUT2D eigenvalue weighted by Gasteiger charge is 2.21. The van der Waals surface area contributed by atoms with Gasteiger partial charge in [-0.25, -0.2) is 4.98 Å². The van der Waals surface area contributed by atoms with E-state index in [0.717, 1.165) is 29.2 Å². The van der Waals surface area contributed by atoms with Crippen molar-refractivity contribution < 1.29 is 14.3 Å². The minimum atomic E-state index is -0.235. The summed E-state index contributed by atoms with van der Waals surface area (Å²) in [6.07, 6.45) is 3.26. The Morgan fingerprint density at radius 2 is 1.93 bits per heavy atom. The molecule has 2 heterocycles. The molecular weight excluding hydrogens is 374 g/mol. The van der Waals surface area contributed by atoms with Crippen molar-refractivity contribution in [2.45, 2.75) is 12.8 Å². The number of nitrogens with one attached hydrogen (secondary N) is 1. The van der Waals surface area contributed by atoms with Crippen LogP contribution >= 0.6 is 11.3 Å². The molecule has 2 amide bonds.